The second kappa shape index (κ2) is 7.97. The number of anilines is 2. The summed E-state index contributed by atoms with van der Waals surface area (Å²) in [5.74, 6) is 0.352. The first-order valence-corrected chi connectivity index (χ1v) is 9.12. The lowest BCUT2D eigenvalue weighted by Crippen LogP contribution is -2.27. The average Bonchev–Trinajstić information content (AvgIpc) is 3.17. The van der Waals surface area contributed by atoms with E-state index < -0.39 is 0 Å². The summed E-state index contributed by atoms with van der Waals surface area (Å²) in [5.41, 5.74) is 2.79. The molecule has 0 aliphatic carbocycles. The largest absolute Gasteiger partial charge is 0.424 e. The Balaban J connectivity index is 1.43. The molecule has 0 atom stereocenters. The van der Waals surface area contributed by atoms with Crippen LogP contribution in [0.25, 0.3) is 0 Å². The van der Waals surface area contributed by atoms with Gasteiger partial charge in [0.15, 0.2) is 0 Å². The van der Waals surface area contributed by atoms with Crippen molar-refractivity contribution in [3.8, 4) is 11.8 Å². The van der Waals surface area contributed by atoms with Crippen LogP contribution in [-0.4, -0.2) is 35.0 Å². The van der Waals surface area contributed by atoms with E-state index in [-0.39, 0.29) is 17.9 Å². The van der Waals surface area contributed by atoms with Gasteiger partial charge >= 0.3 is 12.0 Å². The number of aromatic nitrogens is 2. The van der Waals surface area contributed by atoms with Gasteiger partial charge in [-0.2, -0.15) is 0 Å². The second-order valence-electron chi connectivity index (χ2n) is 6.49. The van der Waals surface area contributed by atoms with Crippen molar-refractivity contribution in [1.82, 2.24) is 15.3 Å². The van der Waals surface area contributed by atoms with Crippen molar-refractivity contribution >= 4 is 23.3 Å². The van der Waals surface area contributed by atoms with Crippen molar-refractivity contribution in [3.05, 3.63) is 72.1 Å². The lowest BCUT2D eigenvalue weighted by molar-refractivity contribution is 0.102. The van der Waals surface area contributed by atoms with Gasteiger partial charge in [0.25, 0.3) is 5.91 Å². The SMILES string of the molecule is Cc1cc(Oc2ncccn2)ccc1NC(=O)c1ccc(N2CCNC2=O)cc1. The Morgan fingerprint density at radius 2 is 1.90 bits per heavy atom. The van der Waals surface area contributed by atoms with Crippen molar-refractivity contribution in [1.29, 1.82) is 0 Å². The van der Waals surface area contributed by atoms with Crippen molar-refractivity contribution in [3.63, 3.8) is 0 Å². The molecular formula is C21H19N5O3. The van der Waals surface area contributed by atoms with Crippen LogP contribution in [0.3, 0.4) is 0 Å². The Morgan fingerprint density at radius 1 is 1.14 bits per heavy atom. The predicted octanol–water partition coefficient (Wildman–Crippen LogP) is 3.36. The molecule has 2 heterocycles. The van der Waals surface area contributed by atoms with Crippen molar-refractivity contribution in [2.45, 2.75) is 6.92 Å². The van der Waals surface area contributed by atoms with E-state index in [2.05, 4.69) is 20.6 Å². The number of aryl methyl sites for hydroxylation is 1. The summed E-state index contributed by atoms with van der Waals surface area (Å²) in [6.07, 6.45) is 3.20. The minimum Gasteiger partial charge on any atom is -0.424 e. The first kappa shape index (κ1) is 18.4. The molecule has 0 spiro atoms. The highest BCUT2D eigenvalue weighted by molar-refractivity contribution is 6.05. The van der Waals surface area contributed by atoms with E-state index in [1.54, 1.807) is 65.8 Å². The minimum atomic E-state index is -0.231. The quantitative estimate of drug-likeness (QED) is 0.698. The molecule has 1 saturated heterocycles. The van der Waals surface area contributed by atoms with Crippen LogP contribution in [0, 0.1) is 6.92 Å². The van der Waals surface area contributed by atoms with Crippen LogP contribution in [0.1, 0.15) is 15.9 Å². The fourth-order valence-corrected chi connectivity index (χ4v) is 2.99. The van der Waals surface area contributed by atoms with E-state index in [4.69, 9.17) is 4.74 Å². The number of benzene rings is 2. The van der Waals surface area contributed by atoms with E-state index in [1.807, 2.05) is 6.92 Å². The van der Waals surface area contributed by atoms with Crippen LogP contribution in [0.15, 0.2) is 60.9 Å². The Labute approximate surface area is 167 Å². The number of rotatable bonds is 5. The van der Waals surface area contributed by atoms with E-state index in [0.717, 1.165) is 11.3 Å². The molecule has 0 bridgehead atoms. The van der Waals surface area contributed by atoms with Crippen molar-refractivity contribution < 1.29 is 14.3 Å². The average molecular weight is 389 g/mol. The second-order valence-corrected chi connectivity index (χ2v) is 6.49. The molecule has 8 heteroatoms. The summed E-state index contributed by atoms with van der Waals surface area (Å²) < 4.78 is 5.60. The fourth-order valence-electron chi connectivity index (χ4n) is 2.99. The number of hydrogen-bond donors (Lipinski definition) is 2. The minimum absolute atomic E-state index is 0.124. The van der Waals surface area contributed by atoms with Gasteiger partial charge in [0.1, 0.15) is 5.75 Å². The molecule has 3 aromatic rings. The fraction of sp³-hybridized carbons (Fsp3) is 0.143. The first-order valence-electron chi connectivity index (χ1n) is 9.12. The summed E-state index contributed by atoms with van der Waals surface area (Å²) in [5, 5.41) is 5.65. The van der Waals surface area contributed by atoms with Gasteiger partial charge in [-0.25, -0.2) is 14.8 Å². The molecule has 1 fully saturated rings. The molecule has 29 heavy (non-hydrogen) atoms. The van der Waals surface area contributed by atoms with Gasteiger partial charge in [0, 0.05) is 42.4 Å². The maximum absolute atomic E-state index is 12.6. The Morgan fingerprint density at radius 3 is 2.55 bits per heavy atom. The molecule has 3 amide bonds. The van der Waals surface area contributed by atoms with E-state index in [9.17, 15) is 9.59 Å². The van der Waals surface area contributed by atoms with Crippen LogP contribution in [0.4, 0.5) is 16.2 Å². The van der Waals surface area contributed by atoms with Gasteiger partial charge in [0.2, 0.25) is 0 Å². The maximum Gasteiger partial charge on any atom is 0.321 e. The topological polar surface area (TPSA) is 96.5 Å². The predicted molar refractivity (Wildman–Crippen MR) is 108 cm³/mol. The lowest BCUT2D eigenvalue weighted by Gasteiger charge is -2.15. The van der Waals surface area contributed by atoms with E-state index in [0.29, 0.717) is 30.1 Å². The van der Waals surface area contributed by atoms with Gasteiger partial charge < -0.3 is 15.4 Å². The van der Waals surface area contributed by atoms with Gasteiger partial charge in [-0.05, 0) is 61.0 Å². The highest BCUT2D eigenvalue weighted by Crippen LogP contribution is 2.25. The molecule has 0 radical (unpaired) electrons. The molecule has 0 saturated carbocycles. The first-order chi connectivity index (χ1) is 14.1. The molecule has 1 aliphatic rings. The number of amides is 3. The van der Waals surface area contributed by atoms with Gasteiger partial charge in [-0.1, -0.05) is 0 Å². The maximum atomic E-state index is 12.6. The summed E-state index contributed by atoms with van der Waals surface area (Å²) >= 11 is 0. The van der Waals surface area contributed by atoms with Crippen LogP contribution in [-0.2, 0) is 0 Å². The zero-order chi connectivity index (χ0) is 20.2. The van der Waals surface area contributed by atoms with E-state index >= 15 is 0 Å². The van der Waals surface area contributed by atoms with Crippen molar-refractivity contribution in [2.24, 2.45) is 0 Å². The Kier molecular flexibility index (Phi) is 5.07. The van der Waals surface area contributed by atoms with Crippen LogP contribution in [0.2, 0.25) is 0 Å². The number of carbonyl (C=O) groups excluding carboxylic acids is 2. The Hall–Kier alpha value is -3.94. The zero-order valence-corrected chi connectivity index (χ0v) is 15.8. The standard InChI is InChI=1S/C21H19N5O3/c1-14-13-17(29-20-22-9-2-10-23-20)7-8-18(14)25-19(27)15-3-5-16(6-4-15)26-12-11-24-21(26)28/h2-10,13H,11-12H2,1H3,(H,24,28)(H,25,27). The number of ether oxygens (including phenoxy) is 1. The molecule has 1 aromatic heterocycles. The number of nitrogens with one attached hydrogen (secondary N) is 2. The van der Waals surface area contributed by atoms with E-state index in [1.165, 1.54) is 0 Å². The summed E-state index contributed by atoms with van der Waals surface area (Å²) in [4.78, 5) is 34.0. The van der Waals surface area contributed by atoms with Gasteiger partial charge in [-0.3, -0.25) is 9.69 Å². The number of carbonyl (C=O) groups is 2. The zero-order valence-electron chi connectivity index (χ0n) is 15.8. The number of hydrogen-bond acceptors (Lipinski definition) is 5. The third-order valence-corrected chi connectivity index (χ3v) is 4.50. The number of nitrogens with zero attached hydrogens (tertiary/aromatic N) is 3. The number of urea groups is 1. The molecule has 8 nitrogen and oxygen atoms in total. The van der Waals surface area contributed by atoms with Crippen LogP contribution in [0.5, 0.6) is 11.8 Å². The van der Waals surface area contributed by atoms with Gasteiger partial charge in [0.05, 0.1) is 0 Å². The molecule has 2 N–H and O–H groups in total. The van der Waals surface area contributed by atoms with Gasteiger partial charge in [-0.15, -0.1) is 0 Å². The summed E-state index contributed by atoms with van der Waals surface area (Å²) in [7, 11) is 0. The monoisotopic (exact) mass is 389 g/mol. The third kappa shape index (κ3) is 4.16. The molecule has 1 aliphatic heterocycles. The summed E-state index contributed by atoms with van der Waals surface area (Å²) in [6.45, 7) is 3.12. The molecule has 2 aromatic carbocycles. The van der Waals surface area contributed by atoms with Crippen LogP contribution < -0.4 is 20.3 Å². The molecule has 0 unspecified atom stereocenters. The normalized spacial score (nSPS) is 13.1. The lowest BCUT2D eigenvalue weighted by atomic mass is 10.1. The van der Waals surface area contributed by atoms with Crippen LogP contribution >= 0.6 is 0 Å². The summed E-state index contributed by atoms with van der Waals surface area (Å²) in [6, 6.07) is 14.1. The molecular weight excluding hydrogens is 370 g/mol. The highest BCUT2D eigenvalue weighted by Gasteiger charge is 2.21. The van der Waals surface area contributed by atoms with Crippen molar-refractivity contribution in [2.75, 3.05) is 23.3 Å². The highest BCUT2D eigenvalue weighted by atomic mass is 16.5. The smallest absolute Gasteiger partial charge is 0.321 e. The third-order valence-electron chi connectivity index (χ3n) is 4.50. The molecule has 146 valence electrons. The Bertz CT molecular complexity index is 1040. The molecule has 4 rings (SSSR count).